The summed E-state index contributed by atoms with van der Waals surface area (Å²) in [6.07, 6.45) is 7.15. The van der Waals surface area contributed by atoms with Gasteiger partial charge in [-0.25, -0.2) is 4.39 Å². The van der Waals surface area contributed by atoms with Crippen LogP contribution in [0.3, 0.4) is 0 Å². The van der Waals surface area contributed by atoms with Crippen LogP contribution in [0.15, 0.2) is 42.6 Å². The number of hydrogen-bond acceptors (Lipinski definition) is 9. The van der Waals surface area contributed by atoms with E-state index in [4.69, 9.17) is 9.72 Å². The smallest absolute Gasteiger partial charge is 0.319 e. The van der Waals surface area contributed by atoms with Crippen LogP contribution in [-0.4, -0.2) is 86.6 Å². The molecular weight excluding hydrogens is 535 g/mol. The number of nitrogens with one attached hydrogen (secondary N) is 1. The van der Waals surface area contributed by atoms with E-state index >= 15 is 4.39 Å². The Labute approximate surface area is 243 Å². The van der Waals surface area contributed by atoms with Gasteiger partial charge in [-0.2, -0.15) is 9.97 Å². The highest BCUT2D eigenvalue weighted by Gasteiger charge is 2.45. The quantitative estimate of drug-likeness (QED) is 0.328. The summed E-state index contributed by atoms with van der Waals surface area (Å²) < 4.78 is 23.0. The van der Waals surface area contributed by atoms with Crippen molar-refractivity contribution in [3.05, 3.63) is 48.4 Å². The molecule has 2 aromatic heterocycles. The number of halogens is 1. The number of aliphatic hydroxyl groups is 1. The number of piperidine rings is 1. The number of aromatic hydroxyl groups is 1. The summed E-state index contributed by atoms with van der Waals surface area (Å²) in [5.41, 5.74) is 0.790. The van der Waals surface area contributed by atoms with Crippen LogP contribution in [0.5, 0.6) is 11.8 Å². The van der Waals surface area contributed by atoms with Crippen molar-refractivity contribution in [2.24, 2.45) is 0 Å². The maximum atomic E-state index is 16.6. The Kier molecular flexibility index (Phi) is 6.20. The minimum Gasteiger partial charge on any atom is -0.508 e. The van der Waals surface area contributed by atoms with Crippen molar-refractivity contribution < 1.29 is 19.3 Å². The van der Waals surface area contributed by atoms with Gasteiger partial charge in [-0.05, 0) is 74.5 Å². The van der Waals surface area contributed by atoms with Gasteiger partial charge < -0.3 is 25.2 Å². The topological polar surface area (TPSA) is 107 Å². The van der Waals surface area contributed by atoms with E-state index in [1.54, 1.807) is 18.3 Å². The number of anilines is 1. The van der Waals surface area contributed by atoms with Crippen molar-refractivity contribution in [2.75, 3.05) is 37.7 Å². The molecule has 9 nitrogen and oxygen atoms in total. The molecule has 3 N–H and O–H groups in total. The molecule has 0 radical (unpaired) electrons. The lowest BCUT2D eigenvalue weighted by molar-refractivity contribution is 0.0860. The molecule has 218 valence electrons. The van der Waals surface area contributed by atoms with Crippen LogP contribution in [-0.2, 0) is 0 Å². The Morgan fingerprint density at radius 3 is 2.57 bits per heavy atom. The second-order valence-corrected chi connectivity index (χ2v) is 12.5. The van der Waals surface area contributed by atoms with Gasteiger partial charge in [0.25, 0.3) is 0 Å². The summed E-state index contributed by atoms with van der Waals surface area (Å²) in [5.74, 6) is 0.0849. The summed E-state index contributed by atoms with van der Waals surface area (Å²) in [5, 5.41) is 26.5. The predicted molar refractivity (Wildman–Crippen MR) is 158 cm³/mol. The third-order valence-corrected chi connectivity index (χ3v) is 9.79. The summed E-state index contributed by atoms with van der Waals surface area (Å²) in [6.45, 7) is 3.93. The third kappa shape index (κ3) is 4.35. The number of ether oxygens (including phenoxy) is 1. The lowest BCUT2D eigenvalue weighted by atomic mass is 9.92. The van der Waals surface area contributed by atoms with Crippen LogP contribution in [0, 0.1) is 5.82 Å². The normalized spacial score (nSPS) is 25.3. The summed E-state index contributed by atoms with van der Waals surface area (Å²) >= 11 is 0. The Balaban J connectivity index is 1.24. The highest BCUT2D eigenvalue weighted by atomic mass is 19.1. The van der Waals surface area contributed by atoms with E-state index in [9.17, 15) is 10.2 Å². The number of fused-ring (bicyclic) bond motifs is 5. The lowest BCUT2D eigenvalue weighted by Gasteiger charge is -2.44. The molecule has 4 aliphatic heterocycles. The largest absolute Gasteiger partial charge is 0.508 e. The van der Waals surface area contributed by atoms with Crippen LogP contribution < -0.4 is 15.0 Å². The van der Waals surface area contributed by atoms with Crippen LogP contribution in [0.25, 0.3) is 32.9 Å². The van der Waals surface area contributed by atoms with Gasteiger partial charge in [0, 0.05) is 36.9 Å². The first-order valence-corrected chi connectivity index (χ1v) is 15.1. The molecule has 10 heteroatoms. The van der Waals surface area contributed by atoms with Crippen molar-refractivity contribution in [2.45, 2.75) is 62.3 Å². The van der Waals surface area contributed by atoms with Crippen molar-refractivity contribution in [3.8, 4) is 23.0 Å². The second kappa shape index (κ2) is 10.00. The number of phenolic OH excluding ortho intramolecular Hbond substituents is 1. The standard InChI is InChI=1S/C32H35FN6O3/c33-27-28(25-14-22(40)11-19-5-1-2-6-24(19)25)34-15-26-29(27)36-31(42-18-32-7-3-9-39(32)10-4-8-32)37-30(26)38-16-20-12-23(41)13-21(17-38)35-20/h1-2,5-6,11,14-15,20-21,23,35,40-41H,3-4,7-10,12-13,16-18H2. The van der Waals surface area contributed by atoms with E-state index in [0.29, 0.717) is 49.3 Å². The van der Waals surface area contributed by atoms with Crippen molar-refractivity contribution >= 4 is 27.5 Å². The number of aliphatic hydroxyl groups excluding tert-OH is 1. The molecule has 0 amide bonds. The first-order valence-electron chi connectivity index (χ1n) is 15.1. The summed E-state index contributed by atoms with van der Waals surface area (Å²) in [7, 11) is 0. The third-order valence-electron chi connectivity index (χ3n) is 9.79. The molecule has 0 saturated carbocycles. The van der Waals surface area contributed by atoms with Crippen LogP contribution >= 0.6 is 0 Å². The van der Waals surface area contributed by atoms with Gasteiger partial charge in [0.2, 0.25) is 0 Å². The van der Waals surface area contributed by atoms with Crippen molar-refractivity contribution in [1.82, 2.24) is 25.2 Å². The first-order chi connectivity index (χ1) is 20.5. The number of aromatic nitrogens is 3. The molecule has 2 aromatic carbocycles. The van der Waals surface area contributed by atoms with E-state index in [1.807, 2.05) is 24.3 Å². The number of hydrogen-bond donors (Lipinski definition) is 3. The SMILES string of the molecule is Oc1cc(-c2ncc3c(N4CC5CC(O)CC(C4)N5)nc(OCC45CCCN4CCC5)nc3c2F)c2ccccc2c1. The highest BCUT2D eigenvalue weighted by molar-refractivity contribution is 5.99. The Morgan fingerprint density at radius 1 is 1.02 bits per heavy atom. The number of rotatable bonds is 5. The maximum Gasteiger partial charge on any atom is 0.319 e. The van der Waals surface area contributed by atoms with E-state index in [0.717, 1.165) is 49.5 Å². The zero-order valence-electron chi connectivity index (χ0n) is 23.5. The fourth-order valence-corrected chi connectivity index (χ4v) is 7.92. The van der Waals surface area contributed by atoms with Gasteiger partial charge in [0.05, 0.1) is 17.0 Å². The van der Waals surface area contributed by atoms with Gasteiger partial charge in [-0.1, -0.05) is 24.3 Å². The van der Waals surface area contributed by atoms with E-state index < -0.39 is 5.82 Å². The number of pyridine rings is 1. The molecule has 8 rings (SSSR count). The van der Waals surface area contributed by atoms with Crippen molar-refractivity contribution in [1.29, 1.82) is 0 Å². The molecule has 2 unspecified atom stereocenters. The zero-order valence-corrected chi connectivity index (χ0v) is 23.5. The minimum atomic E-state index is -0.566. The predicted octanol–water partition coefficient (Wildman–Crippen LogP) is 4.00. The van der Waals surface area contributed by atoms with Gasteiger partial charge >= 0.3 is 6.01 Å². The molecule has 4 aromatic rings. The fraction of sp³-hybridized carbons (Fsp3) is 0.469. The molecule has 42 heavy (non-hydrogen) atoms. The molecule has 4 fully saturated rings. The second-order valence-electron chi connectivity index (χ2n) is 12.5. The van der Waals surface area contributed by atoms with Gasteiger partial charge in [0.15, 0.2) is 5.82 Å². The number of nitrogens with zero attached hydrogens (tertiary/aromatic N) is 5. The van der Waals surface area contributed by atoms with Gasteiger partial charge in [0.1, 0.15) is 29.4 Å². The van der Waals surface area contributed by atoms with Crippen LogP contribution in [0.1, 0.15) is 38.5 Å². The molecule has 2 bridgehead atoms. The minimum absolute atomic E-state index is 0.00309. The molecule has 0 aliphatic carbocycles. The Bertz CT molecular complexity index is 1660. The van der Waals surface area contributed by atoms with Gasteiger partial charge in [-0.3, -0.25) is 9.88 Å². The van der Waals surface area contributed by atoms with Gasteiger partial charge in [-0.15, -0.1) is 0 Å². The van der Waals surface area contributed by atoms with E-state index in [2.05, 4.69) is 25.1 Å². The molecule has 2 atom stereocenters. The van der Waals surface area contributed by atoms with E-state index in [1.165, 1.54) is 0 Å². The Hall–Kier alpha value is -3.60. The number of piperazine rings is 1. The Morgan fingerprint density at radius 2 is 1.79 bits per heavy atom. The lowest BCUT2D eigenvalue weighted by Crippen LogP contribution is -2.61. The number of benzene rings is 2. The van der Waals surface area contributed by atoms with E-state index in [-0.39, 0.29) is 46.7 Å². The maximum absolute atomic E-state index is 16.6. The van der Waals surface area contributed by atoms with Crippen LogP contribution in [0.4, 0.5) is 10.2 Å². The molecule has 4 saturated heterocycles. The van der Waals surface area contributed by atoms with Crippen molar-refractivity contribution in [3.63, 3.8) is 0 Å². The zero-order chi connectivity index (χ0) is 28.4. The molecule has 0 spiro atoms. The molecule has 6 heterocycles. The summed E-state index contributed by atoms with van der Waals surface area (Å²) in [4.78, 5) is 18.8. The molecule has 4 aliphatic rings. The van der Waals surface area contributed by atoms with Crippen LogP contribution in [0.2, 0.25) is 0 Å². The fourth-order valence-electron chi connectivity index (χ4n) is 7.92. The first kappa shape index (κ1) is 26.1. The number of phenols is 1. The average Bonchev–Trinajstić information content (AvgIpc) is 3.56. The average molecular weight is 571 g/mol. The summed E-state index contributed by atoms with van der Waals surface area (Å²) in [6, 6.07) is 11.2. The highest BCUT2D eigenvalue weighted by Crippen LogP contribution is 2.40. The monoisotopic (exact) mass is 570 g/mol. The molecular formula is C32H35FN6O3.